The van der Waals surface area contributed by atoms with Crippen molar-refractivity contribution in [3.8, 4) is 11.6 Å². The van der Waals surface area contributed by atoms with Gasteiger partial charge in [-0.1, -0.05) is 0 Å². The third-order valence-corrected chi connectivity index (χ3v) is 1.99. The highest BCUT2D eigenvalue weighted by atomic mass is 16.3. The van der Waals surface area contributed by atoms with Gasteiger partial charge in [0, 0.05) is 17.0 Å². The normalized spacial score (nSPS) is 10.8. The minimum absolute atomic E-state index is 0.146. The Bertz CT molecular complexity index is 431. The van der Waals surface area contributed by atoms with Gasteiger partial charge in [0.1, 0.15) is 5.75 Å². The van der Waals surface area contributed by atoms with Crippen LogP contribution in [0.3, 0.4) is 0 Å². The summed E-state index contributed by atoms with van der Waals surface area (Å²) in [7, 11) is 0. The Morgan fingerprint density at radius 3 is 2.75 bits per heavy atom. The largest absolute Gasteiger partial charge is 0.508 e. The lowest BCUT2D eigenvalue weighted by atomic mass is 10.1. The highest BCUT2D eigenvalue weighted by Crippen LogP contribution is 2.29. The molecule has 0 aliphatic heterocycles. The van der Waals surface area contributed by atoms with Crippen LogP contribution < -0.4 is 0 Å². The Hall–Kier alpha value is -1.64. The zero-order valence-electron chi connectivity index (χ0n) is 6.63. The topological polar surface area (TPSA) is 56.2 Å². The van der Waals surface area contributed by atoms with Crippen molar-refractivity contribution in [2.24, 2.45) is 0 Å². The van der Waals surface area contributed by atoms with Crippen molar-refractivity contribution in [1.29, 1.82) is 0 Å². The number of aromatic hydroxyl groups is 2. The van der Waals surface area contributed by atoms with Gasteiger partial charge < -0.3 is 15.2 Å². The maximum atomic E-state index is 9.33. The number of hydrogen-bond donors (Lipinski definition) is 3. The molecule has 2 aromatic rings. The van der Waals surface area contributed by atoms with E-state index < -0.39 is 0 Å². The molecule has 3 nitrogen and oxygen atoms in total. The Kier molecular flexibility index (Phi) is 1.27. The Labute approximate surface area is 69.3 Å². The number of hydrogen-bond acceptors (Lipinski definition) is 2. The second-order valence-electron chi connectivity index (χ2n) is 2.86. The lowest BCUT2D eigenvalue weighted by Crippen LogP contribution is -1.73. The molecule has 0 spiro atoms. The average molecular weight is 163 g/mol. The van der Waals surface area contributed by atoms with Gasteiger partial charge in [0.25, 0.3) is 0 Å². The molecule has 0 bridgehead atoms. The number of fused-ring (bicyclic) bond motifs is 1. The molecule has 0 saturated heterocycles. The first-order chi connectivity index (χ1) is 5.68. The van der Waals surface area contributed by atoms with Crippen LogP contribution in [0.1, 0.15) is 5.56 Å². The van der Waals surface area contributed by atoms with E-state index in [0.717, 1.165) is 16.3 Å². The zero-order valence-corrected chi connectivity index (χ0v) is 6.63. The van der Waals surface area contributed by atoms with E-state index >= 15 is 0 Å². The SMILES string of the molecule is Cc1cc2c(O)[nH]cc2cc1O. The van der Waals surface area contributed by atoms with Gasteiger partial charge in [-0.05, 0) is 24.6 Å². The highest BCUT2D eigenvalue weighted by Gasteiger charge is 2.04. The molecule has 0 radical (unpaired) electrons. The summed E-state index contributed by atoms with van der Waals surface area (Å²) in [6.07, 6.45) is 1.66. The van der Waals surface area contributed by atoms with Crippen LogP contribution in [0.25, 0.3) is 10.8 Å². The van der Waals surface area contributed by atoms with Gasteiger partial charge in [0.05, 0.1) is 0 Å². The number of rotatable bonds is 0. The van der Waals surface area contributed by atoms with Gasteiger partial charge in [0.15, 0.2) is 5.88 Å². The van der Waals surface area contributed by atoms with E-state index in [2.05, 4.69) is 4.98 Å². The predicted octanol–water partition coefficient (Wildman–Crippen LogP) is 1.89. The first-order valence-electron chi connectivity index (χ1n) is 3.68. The van der Waals surface area contributed by atoms with Gasteiger partial charge in [-0.25, -0.2) is 0 Å². The maximum absolute atomic E-state index is 9.33. The number of aryl methyl sites for hydroxylation is 1. The van der Waals surface area contributed by atoms with Crippen LogP contribution in [0.15, 0.2) is 18.3 Å². The first-order valence-corrected chi connectivity index (χ1v) is 3.68. The van der Waals surface area contributed by atoms with E-state index in [1.165, 1.54) is 0 Å². The quantitative estimate of drug-likeness (QED) is 0.555. The van der Waals surface area contributed by atoms with Crippen molar-refractivity contribution < 1.29 is 10.2 Å². The fraction of sp³-hybridized carbons (Fsp3) is 0.111. The second kappa shape index (κ2) is 2.17. The molecule has 2 rings (SSSR count). The number of phenolic OH excluding ortho intramolecular Hbond substituents is 1. The predicted molar refractivity (Wildman–Crippen MR) is 46.4 cm³/mol. The third-order valence-electron chi connectivity index (χ3n) is 1.99. The molecule has 1 heterocycles. The monoisotopic (exact) mass is 163 g/mol. The summed E-state index contributed by atoms with van der Waals surface area (Å²) in [4.78, 5) is 2.68. The van der Waals surface area contributed by atoms with E-state index in [9.17, 15) is 10.2 Å². The highest BCUT2D eigenvalue weighted by molar-refractivity contribution is 5.89. The van der Waals surface area contributed by atoms with Crippen molar-refractivity contribution in [2.75, 3.05) is 0 Å². The number of nitrogens with one attached hydrogen (secondary N) is 1. The minimum atomic E-state index is 0.146. The van der Waals surface area contributed by atoms with E-state index in [1.807, 2.05) is 0 Å². The lowest BCUT2D eigenvalue weighted by Gasteiger charge is -1.97. The van der Waals surface area contributed by atoms with Crippen molar-refractivity contribution in [1.82, 2.24) is 4.98 Å². The average Bonchev–Trinajstić information content (AvgIpc) is 2.35. The van der Waals surface area contributed by atoms with E-state index in [1.54, 1.807) is 25.3 Å². The summed E-state index contributed by atoms with van der Waals surface area (Å²) in [6, 6.07) is 3.37. The summed E-state index contributed by atoms with van der Waals surface area (Å²) < 4.78 is 0. The van der Waals surface area contributed by atoms with Gasteiger partial charge in [-0.2, -0.15) is 0 Å². The van der Waals surface area contributed by atoms with Gasteiger partial charge in [0.2, 0.25) is 0 Å². The molecule has 0 aliphatic rings. The molecular formula is C9H9NO2. The van der Waals surface area contributed by atoms with Gasteiger partial charge in [-0.15, -0.1) is 0 Å². The van der Waals surface area contributed by atoms with E-state index in [4.69, 9.17) is 0 Å². The van der Waals surface area contributed by atoms with Crippen LogP contribution in [0, 0.1) is 6.92 Å². The molecule has 0 unspecified atom stereocenters. The van der Waals surface area contributed by atoms with Crippen LogP contribution in [-0.4, -0.2) is 15.2 Å². The summed E-state index contributed by atoms with van der Waals surface area (Å²) >= 11 is 0. The molecule has 12 heavy (non-hydrogen) atoms. The molecule has 0 amide bonds. The first kappa shape index (κ1) is 7.03. The molecule has 0 aliphatic carbocycles. The Balaban J connectivity index is 2.87. The lowest BCUT2D eigenvalue weighted by molar-refractivity contribution is 0.462. The van der Waals surface area contributed by atoms with Crippen LogP contribution in [-0.2, 0) is 0 Å². The van der Waals surface area contributed by atoms with Crippen LogP contribution in [0.5, 0.6) is 11.6 Å². The van der Waals surface area contributed by atoms with Crippen molar-refractivity contribution in [3.05, 3.63) is 23.9 Å². The second-order valence-corrected chi connectivity index (χ2v) is 2.86. The Morgan fingerprint density at radius 1 is 1.25 bits per heavy atom. The molecule has 0 fully saturated rings. The molecule has 0 atom stereocenters. The third kappa shape index (κ3) is 0.830. The fourth-order valence-corrected chi connectivity index (χ4v) is 1.26. The standard InChI is InChI=1S/C9H9NO2/c1-5-2-7-6(3-8(5)11)4-10-9(7)12/h2-4,10-12H,1H3. The van der Waals surface area contributed by atoms with Crippen molar-refractivity contribution in [3.63, 3.8) is 0 Å². The smallest absolute Gasteiger partial charge is 0.196 e. The summed E-state index contributed by atoms with van der Waals surface area (Å²) in [5, 5.41) is 20.2. The summed E-state index contributed by atoms with van der Waals surface area (Å²) in [5.74, 6) is 0.398. The molecule has 1 aromatic heterocycles. The van der Waals surface area contributed by atoms with Crippen LogP contribution >= 0.6 is 0 Å². The molecule has 62 valence electrons. The van der Waals surface area contributed by atoms with E-state index in [-0.39, 0.29) is 11.6 Å². The van der Waals surface area contributed by atoms with Gasteiger partial charge in [-0.3, -0.25) is 0 Å². The van der Waals surface area contributed by atoms with E-state index in [0.29, 0.717) is 0 Å². The van der Waals surface area contributed by atoms with Crippen LogP contribution in [0.4, 0.5) is 0 Å². The molecular weight excluding hydrogens is 154 g/mol. The number of aromatic amines is 1. The number of aromatic nitrogens is 1. The number of benzene rings is 1. The van der Waals surface area contributed by atoms with Crippen molar-refractivity contribution >= 4 is 10.8 Å². The molecule has 3 heteroatoms. The number of phenols is 1. The Morgan fingerprint density at radius 2 is 2.00 bits per heavy atom. The molecule has 3 N–H and O–H groups in total. The maximum Gasteiger partial charge on any atom is 0.196 e. The summed E-state index contributed by atoms with van der Waals surface area (Å²) in [6.45, 7) is 1.79. The van der Waals surface area contributed by atoms with Crippen molar-refractivity contribution in [2.45, 2.75) is 6.92 Å². The zero-order chi connectivity index (χ0) is 8.72. The molecule has 1 aromatic carbocycles. The van der Waals surface area contributed by atoms with Gasteiger partial charge >= 0.3 is 0 Å². The number of H-pyrrole nitrogens is 1. The summed E-state index contributed by atoms with van der Waals surface area (Å²) in [5.41, 5.74) is 0.761. The fourth-order valence-electron chi connectivity index (χ4n) is 1.26. The molecule has 0 saturated carbocycles. The minimum Gasteiger partial charge on any atom is -0.508 e. The van der Waals surface area contributed by atoms with Crippen LogP contribution in [0.2, 0.25) is 0 Å².